The Kier molecular flexibility index (Phi) is 5.87. The van der Waals surface area contributed by atoms with Crippen molar-refractivity contribution in [2.75, 3.05) is 11.8 Å². The summed E-state index contributed by atoms with van der Waals surface area (Å²) in [4.78, 5) is 22.1. The Morgan fingerprint density at radius 2 is 2.00 bits per heavy atom. The zero-order chi connectivity index (χ0) is 20.9. The van der Waals surface area contributed by atoms with E-state index in [-0.39, 0.29) is 6.01 Å². The lowest BCUT2D eigenvalue weighted by Crippen LogP contribution is -2.36. The smallest absolute Gasteiger partial charge is 0.415 e. The standard InChI is InChI=1S/C20H19N5O4S/c1-21-30(27)24-16-5-2-4-14(10-16)12-25-13-15-6-7-17(11-18(15)29-20(25)26)28-19-22-8-3-9-23-19/h2-11,21,24H,12-13H2,1H3. The molecular weight excluding hydrogens is 406 g/mol. The molecule has 2 aromatic carbocycles. The zero-order valence-corrected chi connectivity index (χ0v) is 16.9. The molecule has 0 fully saturated rings. The van der Waals surface area contributed by atoms with Crippen LogP contribution in [0.25, 0.3) is 0 Å². The minimum Gasteiger partial charge on any atom is -0.424 e. The first kappa shape index (κ1) is 19.8. The zero-order valence-electron chi connectivity index (χ0n) is 16.1. The summed E-state index contributed by atoms with van der Waals surface area (Å²) in [6.45, 7) is 0.756. The highest BCUT2D eigenvalue weighted by molar-refractivity contribution is 7.84. The molecule has 1 aliphatic rings. The molecule has 0 radical (unpaired) electrons. The molecule has 1 aliphatic heterocycles. The Balaban J connectivity index is 1.46. The number of amides is 1. The van der Waals surface area contributed by atoms with Crippen molar-refractivity contribution >= 4 is 23.0 Å². The third-order valence-corrected chi connectivity index (χ3v) is 5.09. The van der Waals surface area contributed by atoms with E-state index < -0.39 is 17.3 Å². The monoisotopic (exact) mass is 425 g/mol. The van der Waals surface area contributed by atoms with Gasteiger partial charge in [0.1, 0.15) is 11.5 Å². The third-order valence-electron chi connectivity index (χ3n) is 4.30. The van der Waals surface area contributed by atoms with Gasteiger partial charge in [0.25, 0.3) is 0 Å². The van der Waals surface area contributed by atoms with E-state index in [4.69, 9.17) is 9.47 Å². The Bertz CT molecular complexity index is 1080. The Morgan fingerprint density at radius 1 is 1.17 bits per heavy atom. The molecule has 0 saturated carbocycles. The second-order valence-corrected chi connectivity index (χ2v) is 7.55. The Labute approximate surface area is 175 Å². The van der Waals surface area contributed by atoms with Gasteiger partial charge < -0.3 is 9.47 Å². The van der Waals surface area contributed by atoms with Gasteiger partial charge in [-0.05, 0) is 42.9 Å². The van der Waals surface area contributed by atoms with Crippen LogP contribution in [0.2, 0.25) is 0 Å². The number of hydrogen-bond donors (Lipinski definition) is 2. The number of aromatic nitrogens is 2. The van der Waals surface area contributed by atoms with Crippen molar-refractivity contribution in [3.8, 4) is 17.5 Å². The minimum absolute atomic E-state index is 0.217. The largest absolute Gasteiger partial charge is 0.424 e. The van der Waals surface area contributed by atoms with Crippen LogP contribution in [0, 0.1) is 0 Å². The third kappa shape index (κ3) is 4.73. The molecule has 3 aromatic rings. The van der Waals surface area contributed by atoms with Gasteiger partial charge in [0.05, 0.1) is 6.54 Å². The number of nitrogens with zero attached hydrogens (tertiary/aromatic N) is 3. The average molecular weight is 425 g/mol. The van der Waals surface area contributed by atoms with Crippen LogP contribution in [0.15, 0.2) is 60.9 Å². The highest BCUT2D eigenvalue weighted by Crippen LogP contribution is 2.32. The average Bonchev–Trinajstić information content (AvgIpc) is 2.75. The van der Waals surface area contributed by atoms with Crippen molar-refractivity contribution in [2.45, 2.75) is 13.1 Å². The fourth-order valence-electron chi connectivity index (χ4n) is 2.93. The van der Waals surface area contributed by atoms with Crippen molar-refractivity contribution in [3.63, 3.8) is 0 Å². The lowest BCUT2D eigenvalue weighted by atomic mass is 10.1. The predicted molar refractivity (Wildman–Crippen MR) is 111 cm³/mol. The molecule has 9 nitrogen and oxygen atoms in total. The molecule has 1 atom stereocenters. The number of nitrogens with one attached hydrogen (secondary N) is 2. The van der Waals surface area contributed by atoms with Crippen molar-refractivity contribution in [2.24, 2.45) is 0 Å². The second kappa shape index (κ2) is 8.89. The summed E-state index contributed by atoms with van der Waals surface area (Å²) in [5, 5.41) is 0. The molecule has 0 bridgehead atoms. The van der Waals surface area contributed by atoms with E-state index in [1.54, 1.807) is 48.6 Å². The first-order valence-electron chi connectivity index (χ1n) is 9.10. The summed E-state index contributed by atoms with van der Waals surface area (Å²) < 4.78 is 28.1. The minimum atomic E-state index is -1.37. The fraction of sp³-hybridized carbons (Fsp3) is 0.150. The van der Waals surface area contributed by atoms with Gasteiger partial charge in [0.2, 0.25) is 0 Å². The molecule has 4 rings (SSSR count). The topological polar surface area (TPSA) is 106 Å². The van der Waals surface area contributed by atoms with Crippen molar-refractivity contribution in [1.29, 1.82) is 0 Å². The Hall–Kier alpha value is -3.50. The maximum atomic E-state index is 12.5. The van der Waals surface area contributed by atoms with Gasteiger partial charge in [-0.3, -0.25) is 9.62 Å². The van der Waals surface area contributed by atoms with E-state index in [1.165, 1.54) is 0 Å². The molecule has 2 N–H and O–H groups in total. The van der Waals surface area contributed by atoms with Crippen molar-refractivity contribution < 1.29 is 18.5 Å². The number of ether oxygens (including phenoxy) is 2. The van der Waals surface area contributed by atoms with Gasteiger partial charge in [-0.2, -0.15) is 0 Å². The van der Waals surface area contributed by atoms with Gasteiger partial charge in [0.15, 0.2) is 11.2 Å². The van der Waals surface area contributed by atoms with Crippen LogP contribution in [0.1, 0.15) is 11.1 Å². The first-order valence-corrected chi connectivity index (χ1v) is 10.2. The van der Waals surface area contributed by atoms with Gasteiger partial charge in [-0.25, -0.2) is 23.7 Å². The number of rotatable bonds is 7. The van der Waals surface area contributed by atoms with Crippen molar-refractivity contribution in [3.05, 3.63) is 72.1 Å². The number of fused-ring (bicyclic) bond motifs is 1. The molecule has 0 saturated heterocycles. The molecule has 1 aromatic heterocycles. The van der Waals surface area contributed by atoms with Crippen molar-refractivity contribution in [1.82, 2.24) is 19.6 Å². The molecule has 154 valence electrons. The molecular formula is C20H19N5O4S. The van der Waals surface area contributed by atoms with E-state index in [9.17, 15) is 9.00 Å². The lowest BCUT2D eigenvalue weighted by molar-refractivity contribution is 0.135. The molecule has 30 heavy (non-hydrogen) atoms. The maximum Gasteiger partial charge on any atom is 0.415 e. The SMILES string of the molecule is CNS(=O)Nc1cccc(CN2Cc3ccc(Oc4ncccn4)cc3OC2=O)c1. The summed E-state index contributed by atoms with van der Waals surface area (Å²) in [6, 6.07) is 14.6. The number of carbonyl (C=O) groups excluding carboxylic acids is 1. The predicted octanol–water partition coefficient (Wildman–Crippen LogP) is 2.99. The maximum absolute atomic E-state index is 12.5. The number of anilines is 1. The Morgan fingerprint density at radius 3 is 2.80 bits per heavy atom. The summed E-state index contributed by atoms with van der Waals surface area (Å²) in [7, 11) is 1.59. The van der Waals surface area contributed by atoms with Crippen LogP contribution in [-0.2, 0) is 24.3 Å². The summed E-state index contributed by atoms with van der Waals surface area (Å²) in [5.74, 6) is 0.932. The van der Waals surface area contributed by atoms with Crippen LogP contribution in [-0.4, -0.2) is 32.2 Å². The van der Waals surface area contributed by atoms with Gasteiger partial charge in [0, 0.05) is 36.3 Å². The summed E-state index contributed by atoms with van der Waals surface area (Å²) in [6.07, 6.45) is 2.71. The lowest BCUT2D eigenvalue weighted by Gasteiger charge is -2.28. The van der Waals surface area contributed by atoms with E-state index >= 15 is 0 Å². The first-order chi connectivity index (χ1) is 14.6. The molecule has 2 heterocycles. The highest BCUT2D eigenvalue weighted by atomic mass is 32.2. The van der Waals surface area contributed by atoms with Crippen LogP contribution >= 0.6 is 0 Å². The molecule has 1 amide bonds. The highest BCUT2D eigenvalue weighted by Gasteiger charge is 2.25. The van der Waals surface area contributed by atoms with E-state index in [2.05, 4.69) is 19.4 Å². The molecule has 1 unspecified atom stereocenters. The summed E-state index contributed by atoms with van der Waals surface area (Å²) in [5.41, 5.74) is 2.44. The van der Waals surface area contributed by atoms with E-state index in [0.29, 0.717) is 30.3 Å². The van der Waals surface area contributed by atoms with E-state index in [1.807, 2.05) is 24.3 Å². The molecule has 0 aliphatic carbocycles. The number of hydrogen-bond acceptors (Lipinski definition) is 6. The normalized spacial score (nSPS) is 13.9. The van der Waals surface area contributed by atoms with Gasteiger partial charge in [-0.15, -0.1) is 0 Å². The van der Waals surface area contributed by atoms with E-state index in [0.717, 1.165) is 11.1 Å². The van der Waals surface area contributed by atoms with Gasteiger partial charge >= 0.3 is 12.1 Å². The van der Waals surface area contributed by atoms with Gasteiger partial charge in [-0.1, -0.05) is 12.1 Å². The quantitative estimate of drug-likeness (QED) is 0.603. The van der Waals surface area contributed by atoms with Crippen LogP contribution in [0.4, 0.5) is 10.5 Å². The van der Waals surface area contributed by atoms with Crippen LogP contribution in [0.5, 0.6) is 17.5 Å². The molecule has 0 spiro atoms. The van der Waals surface area contributed by atoms with Crippen LogP contribution in [0.3, 0.4) is 0 Å². The number of benzene rings is 2. The summed E-state index contributed by atoms with van der Waals surface area (Å²) >= 11 is -1.37. The fourth-order valence-corrected chi connectivity index (χ4v) is 3.37. The van der Waals surface area contributed by atoms with Crippen LogP contribution < -0.4 is 18.9 Å². The number of carbonyl (C=O) groups is 1. The molecule has 10 heteroatoms. The second-order valence-electron chi connectivity index (χ2n) is 6.40.